The zero-order chi connectivity index (χ0) is 17.5. The Morgan fingerprint density at radius 2 is 1.43 bits per heavy atom. The molecule has 0 aromatic heterocycles. The van der Waals surface area contributed by atoms with Gasteiger partial charge in [0, 0.05) is 12.8 Å². The molecule has 0 bridgehead atoms. The Bertz CT molecular complexity index is 357. The second kappa shape index (κ2) is 14.2. The number of hydrogen-bond donors (Lipinski definition) is 2. The summed E-state index contributed by atoms with van der Waals surface area (Å²) in [5.41, 5.74) is 5.47. The van der Waals surface area contributed by atoms with E-state index in [1.54, 1.807) is 0 Å². The van der Waals surface area contributed by atoms with Crippen molar-refractivity contribution in [2.75, 3.05) is 0 Å². The molecule has 0 heterocycles. The van der Waals surface area contributed by atoms with Gasteiger partial charge in [0.15, 0.2) is 0 Å². The molecule has 0 aliphatic heterocycles. The van der Waals surface area contributed by atoms with Crippen LogP contribution in [-0.4, -0.2) is 29.1 Å². The molecule has 3 N–H and O–H groups in total. The van der Waals surface area contributed by atoms with Crippen molar-refractivity contribution in [2.24, 2.45) is 5.73 Å². The quantitative estimate of drug-likeness (QED) is 0.288. The first-order valence-electron chi connectivity index (χ1n) is 8.69. The largest absolute Gasteiger partial charge is 0.481 e. The molecule has 6 nitrogen and oxygen atoms in total. The number of carboxylic acid groups (broad SMARTS) is 1. The molecular formula is C17H31NO5. The minimum Gasteiger partial charge on any atom is -0.481 e. The summed E-state index contributed by atoms with van der Waals surface area (Å²) in [6.45, 7) is 2.20. The lowest BCUT2D eigenvalue weighted by atomic mass is 10.1. The number of carbonyl (C=O) groups is 3. The molecule has 0 aliphatic rings. The van der Waals surface area contributed by atoms with Crippen LogP contribution in [0.3, 0.4) is 0 Å². The van der Waals surface area contributed by atoms with Crippen molar-refractivity contribution < 1.29 is 24.2 Å². The highest BCUT2D eigenvalue weighted by molar-refractivity contribution is 5.88. The first-order valence-corrected chi connectivity index (χ1v) is 8.69. The lowest BCUT2D eigenvalue weighted by Crippen LogP contribution is -2.34. The van der Waals surface area contributed by atoms with Gasteiger partial charge in [0.2, 0.25) is 0 Å². The van der Waals surface area contributed by atoms with Gasteiger partial charge in [-0.3, -0.25) is 9.59 Å². The van der Waals surface area contributed by atoms with Gasteiger partial charge in [0.05, 0.1) is 0 Å². The van der Waals surface area contributed by atoms with E-state index in [2.05, 4.69) is 11.7 Å². The van der Waals surface area contributed by atoms with E-state index in [0.29, 0.717) is 6.42 Å². The normalized spacial score (nSPS) is 11.9. The third-order valence-corrected chi connectivity index (χ3v) is 3.67. The lowest BCUT2D eigenvalue weighted by molar-refractivity contribution is -0.160. The molecule has 0 aromatic carbocycles. The molecule has 0 amide bonds. The number of carboxylic acids is 1. The van der Waals surface area contributed by atoms with E-state index >= 15 is 0 Å². The summed E-state index contributed by atoms with van der Waals surface area (Å²) in [6.07, 6.45) is 10.2. The Hall–Kier alpha value is -1.43. The number of hydrogen-bond acceptors (Lipinski definition) is 5. The highest BCUT2D eigenvalue weighted by Crippen LogP contribution is 2.11. The number of aliphatic carboxylic acids is 1. The second-order valence-electron chi connectivity index (χ2n) is 5.91. The van der Waals surface area contributed by atoms with Crippen LogP contribution in [0.15, 0.2) is 0 Å². The maximum absolute atomic E-state index is 11.5. The zero-order valence-electron chi connectivity index (χ0n) is 14.2. The van der Waals surface area contributed by atoms with Gasteiger partial charge in [0.1, 0.15) is 6.04 Å². The van der Waals surface area contributed by atoms with Gasteiger partial charge < -0.3 is 15.6 Å². The van der Waals surface area contributed by atoms with Crippen molar-refractivity contribution in [1.82, 2.24) is 0 Å². The molecule has 0 saturated carbocycles. The van der Waals surface area contributed by atoms with Crippen LogP contribution < -0.4 is 5.73 Å². The SMILES string of the molecule is CCCCCCCCCCCC(=O)OC(=O)[C@@H](N)CCC(=O)O. The van der Waals surface area contributed by atoms with Crippen molar-refractivity contribution in [3.05, 3.63) is 0 Å². The molecule has 23 heavy (non-hydrogen) atoms. The van der Waals surface area contributed by atoms with E-state index < -0.39 is 23.9 Å². The van der Waals surface area contributed by atoms with E-state index in [4.69, 9.17) is 10.8 Å². The van der Waals surface area contributed by atoms with Crippen LogP contribution in [0.25, 0.3) is 0 Å². The average molecular weight is 329 g/mol. The van der Waals surface area contributed by atoms with Gasteiger partial charge in [-0.25, -0.2) is 4.79 Å². The minimum absolute atomic E-state index is 0.0283. The summed E-state index contributed by atoms with van der Waals surface area (Å²) in [5, 5.41) is 8.50. The summed E-state index contributed by atoms with van der Waals surface area (Å²) < 4.78 is 4.62. The van der Waals surface area contributed by atoms with Crippen molar-refractivity contribution in [3.63, 3.8) is 0 Å². The summed E-state index contributed by atoms with van der Waals surface area (Å²) in [4.78, 5) is 33.3. The van der Waals surface area contributed by atoms with E-state index in [1.807, 2.05) is 0 Å². The van der Waals surface area contributed by atoms with E-state index in [9.17, 15) is 14.4 Å². The molecule has 0 aliphatic carbocycles. The third kappa shape index (κ3) is 13.9. The molecule has 1 atom stereocenters. The number of esters is 2. The highest BCUT2D eigenvalue weighted by Gasteiger charge is 2.19. The molecule has 0 spiro atoms. The minimum atomic E-state index is -1.06. The fourth-order valence-corrected chi connectivity index (χ4v) is 2.22. The van der Waals surface area contributed by atoms with Crippen LogP contribution in [0.1, 0.15) is 84.0 Å². The first-order chi connectivity index (χ1) is 11.0. The second-order valence-corrected chi connectivity index (χ2v) is 5.91. The summed E-state index contributed by atoms with van der Waals surface area (Å²) in [6, 6.07) is -1.06. The fourth-order valence-electron chi connectivity index (χ4n) is 2.22. The van der Waals surface area contributed by atoms with Crippen LogP contribution in [-0.2, 0) is 19.1 Å². The van der Waals surface area contributed by atoms with Crippen molar-refractivity contribution in [2.45, 2.75) is 90.0 Å². The van der Waals surface area contributed by atoms with E-state index in [0.717, 1.165) is 12.8 Å². The van der Waals surface area contributed by atoms with E-state index in [-0.39, 0.29) is 19.3 Å². The molecule has 0 rings (SSSR count). The molecule has 134 valence electrons. The van der Waals surface area contributed by atoms with Crippen LogP contribution in [0.2, 0.25) is 0 Å². The van der Waals surface area contributed by atoms with Crippen LogP contribution in [0, 0.1) is 0 Å². The Kier molecular flexibility index (Phi) is 13.3. The van der Waals surface area contributed by atoms with Gasteiger partial charge in [-0.15, -0.1) is 0 Å². The monoisotopic (exact) mass is 329 g/mol. The Labute approximate surface area is 138 Å². The van der Waals surface area contributed by atoms with Crippen LogP contribution >= 0.6 is 0 Å². The summed E-state index contributed by atoms with van der Waals surface area (Å²) in [7, 11) is 0. The predicted octanol–water partition coefficient (Wildman–Crippen LogP) is 3.17. The maximum Gasteiger partial charge on any atom is 0.330 e. The fraction of sp³-hybridized carbons (Fsp3) is 0.824. The van der Waals surface area contributed by atoms with Gasteiger partial charge in [-0.2, -0.15) is 0 Å². The van der Waals surface area contributed by atoms with Gasteiger partial charge in [0.25, 0.3) is 0 Å². The van der Waals surface area contributed by atoms with Crippen molar-refractivity contribution >= 4 is 17.9 Å². The highest BCUT2D eigenvalue weighted by atomic mass is 16.6. The molecule has 0 saturated heterocycles. The van der Waals surface area contributed by atoms with Crippen LogP contribution in [0.5, 0.6) is 0 Å². The standard InChI is InChI=1S/C17H31NO5/c1-2-3-4-5-6-7-8-9-10-11-16(21)23-17(22)14(18)12-13-15(19)20/h14H,2-13,18H2,1H3,(H,19,20)/t14-/m0/s1. The molecule has 0 fully saturated rings. The van der Waals surface area contributed by atoms with Crippen molar-refractivity contribution in [1.29, 1.82) is 0 Å². The Morgan fingerprint density at radius 1 is 0.913 bits per heavy atom. The molecular weight excluding hydrogens is 298 g/mol. The van der Waals surface area contributed by atoms with Gasteiger partial charge in [-0.1, -0.05) is 58.3 Å². The third-order valence-electron chi connectivity index (χ3n) is 3.67. The summed E-state index contributed by atoms with van der Waals surface area (Å²) >= 11 is 0. The van der Waals surface area contributed by atoms with Crippen LogP contribution in [0.4, 0.5) is 0 Å². The lowest BCUT2D eigenvalue weighted by Gasteiger charge is -2.09. The average Bonchev–Trinajstić information content (AvgIpc) is 2.50. The molecule has 0 aromatic rings. The number of ether oxygens (including phenoxy) is 1. The number of unbranched alkanes of at least 4 members (excludes halogenated alkanes) is 8. The maximum atomic E-state index is 11.5. The van der Waals surface area contributed by atoms with Gasteiger partial charge >= 0.3 is 17.9 Å². The predicted molar refractivity (Wildman–Crippen MR) is 87.8 cm³/mol. The Balaban J connectivity index is 3.55. The number of rotatable bonds is 14. The topological polar surface area (TPSA) is 107 Å². The van der Waals surface area contributed by atoms with E-state index in [1.165, 1.54) is 38.5 Å². The van der Waals surface area contributed by atoms with Crippen molar-refractivity contribution in [3.8, 4) is 0 Å². The molecule has 0 unspecified atom stereocenters. The number of carbonyl (C=O) groups excluding carboxylic acids is 2. The smallest absolute Gasteiger partial charge is 0.330 e. The Morgan fingerprint density at radius 3 is 1.96 bits per heavy atom. The van der Waals surface area contributed by atoms with Gasteiger partial charge in [-0.05, 0) is 12.8 Å². The molecule has 6 heteroatoms. The number of nitrogens with two attached hydrogens (primary N) is 1. The first kappa shape index (κ1) is 21.6. The zero-order valence-corrected chi connectivity index (χ0v) is 14.2. The summed E-state index contributed by atoms with van der Waals surface area (Å²) in [5.74, 6) is -2.45. The molecule has 0 radical (unpaired) electrons.